The van der Waals surface area contributed by atoms with E-state index in [0.29, 0.717) is 11.3 Å². The van der Waals surface area contributed by atoms with Crippen molar-refractivity contribution in [3.05, 3.63) is 65.4 Å². The third kappa shape index (κ3) is 2.75. The number of aldehydes is 1. The quantitative estimate of drug-likeness (QED) is 0.685. The molecular weight excluding hydrogens is 288 g/mol. The van der Waals surface area contributed by atoms with Crippen LogP contribution in [0.25, 0.3) is 16.9 Å². The Bertz CT molecular complexity index is 851. The average Bonchev–Trinajstić information content (AvgIpc) is 2.99. The topological polar surface area (TPSA) is 44.1 Å². The van der Waals surface area contributed by atoms with Crippen LogP contribution < -0.4 is 4.74 Å². The number of rotatable bonds is 4. The zero-order chi connectivity index (χ0) is 16.4. The summed E-state index contributed by atoms with van der Waals surface area (Å²) in [4.78, 5) is 11.5. The predicted molar refractivity (Wildman–Crippen MR) is 90.4 cm³/mol. The van der Waals surface area contributed by atoms with Gasteiger partial charge in [-0.1, -0.05) is 24.3 Å². The van der Waals surface area contributed by atoms with Crippen molar-refractivity contribution in [3.8, 4) is 22.7 Å². The average molecular weight is 306 g/mol. The van der Waals surface area contributed by atoms with E-state index >= 15 is 0 Å². The minimum absolute atomic E-state index is 0.539. The summed E-state index contributed by atoms with van der Waals surface area (Å²) >= 11 is 0. The molecule has 0 bridgehead atoms. The molecule has 1 heterocycles. The van der Waals surface area contributed by atoms with E-state index in [1.165, 1.54) is 0 Å². The molecule has 0 amide bonds. The van der Waals surface area contributed by atoms with Gasteiger partial charge in [-0.2, -0.15) is 5.10 Å². The summed E-state index contributed by atoms with van der Waals surface area (Å²) in [5, 5.41) is 4.62. The molecule has 4 heteroatoms. The van der Waals surface area contributed by atoms with Gasteiger partial charge < -0.3 is 4.74 Å². The molecule has 2 aromatic carbocycles. The van der Waals surface area contributed by atoms with Crippen LogP contribution in [0.5, 0.6) is 5.75 Å². The Kier molecular flexibility index (Phi) is 3.98. The van der Waals surface area contributed by atoms with Gasteiger partial charge in [0.1, 0.15) is 11.4 Å². The van der Waals surface area contributed by atoms with Crippen LogP contribution in [-0.2, 0) is 0 Å². The number of carbonyl (C=O) groups excluding carboxylic acids is 1. The summed E-state index contributed by atoms with van der Waals surface area (Å²) in [6.45, 7) is 4.01. The summed E-state index contributed by atoms with van der Waals surface area (Å²) in [6.07, 6.45) is 2.58. The van der Waals surface area contributed by atoms with Crippen LogP contribution >= 0.6 is 0 Å². The summed E-state index contributed by atoms with van der Waals surface area (Å²) in [7, 11) is 1.63. The van der Waals surface area contributed by atoms with Crippen LogP contribution in [0.1, 0.15) is 21.5 Å². The van der Waals surface area contributed by atoms with Crippen molar-refractivity contribution in [1.82, 2.24) is 9.78 Å². The van der Waals surface area contributed by atoms with Crippen LogP contribution in [0.4, 0.5) is 0 Å². The Morgan fingerprint density at radius 2 is 1.87 bits per heavy atom. The smallest absolute Gasteiger partial charge is 0.153 e. The molecule has 0 spiro atoms. The van der Waals surface area contributed by atoms with Crippen molar-refractivity contribution in [3.63, 3.8) is 0 Å². The molecule has 3 rings (SSSR count). The monoisotopic (exact) mass is 306 g/mol. The Balaban J connectivity index is 2.21. The molecule has 0 aliphatic heterocycles. The highest BCUT2D eigenvalue weighted by atomic mass is 16.5. The minimum Gasteiger partial charge on any atom is -0.496 e. The number of hydrogen-bond donors (Lipinski definition) is 0. The largest absolute Gasteiger partial charge is 0.496 e. The number of benzene rings is 2. The molecule has 0 saturated heterocycles. The summed E-state index contributed by atoms with van der Waals surface area (Å²) in [5.41, 5.74) is 5.04. The van der Waals surface area contributed by atoms with Gasteiger partial charge in [0.2, 0.25) is 0 Å². The van der Waals surface area contributed by atoms with Crippen LogP contribution in [0, 0.1) is 13.8 Å². The summed E-state index contributed by atoms with van der Waals surface area (Å²) < 4.78 is 7.25. The molecule has 116 valence electrons. The van der Waals surface area contributed by atoms with E-state index in [2.05, 4.69) is 11.2 Å². The number of aromatic nitrogens is 2. The maximum atomic E-state index is 11.5. The van der Waals surface area contributed by atoms with E-state index in [4.69, 9.17) is 4.74 Å². The van der Waals surface area contributed by atoms with Gasteiger partial charge >= 0.3 is 0 Å². The van der Waals surface area contributed by atoms with Gasteiger partial charge in [-0.3, -0.25) is 4.79 Å². The number of aryl methyl sites for hydroxylation is 2. The van der Waals surface area contributed by atoms with Gasteiger partial charge in [-0.25, -0.2) is 4.68 Å². The first-order valence-electron chi connectivity index (χ1n) is 7.40. The van der Waals surface area contributed by atoms with Crippen molar-refractivity contribution in [2.24, 2.45) is 0 Å². The fourth-order valence-corrected chi connectivity index (χ4v) is 2.80. The van der Waals surface area contributed by atoms with Crippen LogP contribution in [0.15, 0.2) is 48.7 Å². The Morgan fingerprint density at radius 1 is 1.13 bits per heavy atom. The van der Waals surface area contributed by atoms with E-state index in [1.54, 1.807) is 18.0 Å². The molecule has 1 aromatic heterocycles. The Hall–Kier alpha value is -2.88. The molecule has 4 nitrogen and oxygen atoms in total. The Labute approximate surface area is 135 Å². The highest BCUT2D eigenvalue weighted by molar-refractivity contribution is 5.88. The number of ether oxygens (including phenoxy) is 1. The highest BCUT2D eigenvalue weighted by Crippen LogP contribution is 2.35. The molecule has 0 aliphatic rings. The van der Waals surface area contributed by atoms with Crippen molar-refractivity contribution in [2.45, 2.75) is 13.8 Å². The van der Waals surface area contributed by atoms with Crippen molar-refractivity contribution < 1.29 is 9.53 Å². The lowest BCUT2D eigenvalue weighted by atomic mass is 10.0. The predicted octanol–water partition coefficient (Wildman–Crippen LogP) is 3.98. The van der Waals surface area contributed by atoms with Gasteiger partial charge in [0, 0.05) is 11.8 Å². The molecule has 0 atom stereocenters. The molecule has 0 radical (unpaired) electrons. The molecular formula is C19H18N2O2. The van der Waals surface area contributed by atoms with Crippen LogP contribution in [-0.4, -0.2) is 23.2 Å². The maximum Gasteiger partial charge on any atom is 0.153 e. The summed E-state index contributed by atoms with van der Waals surface area (Å²) in [5.74, 6) is 0.747. The zero-order valence-corrected chi connectivity index (χ0v) is 13.4. The molecule has 0 saturated carbocycles. The second kappa shape index (κ2) is 6.08. The van der Waals surface area contributed by atoms with E-state index in [9.17, 15) is 4.79 Å². The SMILES string of the molecule is COc1c(C)cc(C)cc1-c1nn(-c2ccccc2)cc1C=O. The number of carbonyl (C=O) groups is 1. The van der Waals surface area contributed by atoms with Crippen molar-refractivity contribution in [1.29, 1.82) is 0 Å². The summed E-state index contributed by atoms with van der Waals surface area (Å²) in [6, 6.07) is 13.8. The minimum atomic E-state index is 0.539. The third-order valence-electron chi connectivity index (χ3n) is 3.77. The Morgan fingerprint density at radius 3 is 2.52 bits per heavy atom. The first-order valence-corrected chi connectivity index (χ1v) is 7.40. The standard InChI is InChI=1S/C19H18N2O2/c1-13-9-14(2)19(23-3)17(10-13)18-15(12-22)11-21(20-18)16-7-5-4-6-8-16/h4-12H,1-3H3. The maximum absolute atomic E-state index is 11.5. The van der Waals surface area contributed by atoms with Gasteiger partial charge in [0.25, 0.3) is 0 Å². The molecule has 0 fully saturated rings. The van der Waals surface area contributed by atoms with Crippen LogP contribution in [0.2, 0.25) is 0 Å². The molecule has 0 aliphatic carbocycles. The van der Waals surface area contributed by atoms with Gasteiger partial charge in [0.05, 0.1) is 18.4 Å². The number of nitrogens with zero attached hydrogens (tertiary/aromatic N) is 2. The zero-order valence-electron chi connectivity index (χ0n) is 13.4. The van der Waals surface area contributed by atoms with Gasteiger partial charge in [-0.15, -0.1) is 0 Å². The van der Waals surface area contributed by atoms with Crippen molar-refractivity contribution >= 4 is 6.29 Å². The van der Waals surface area contributed by atoms with Gasteiger partial charge in [-0.05, 0) is 43.2 Å². The highest BCUT2D eigenvalue weighted by Gasteiger charge is 2.17. The molecule has 3 aromatic rings. The lowest BCUT2D eigenvalue weighted by Gasteiger charge is -2.11. The molecule has 23 heavy (non-hydrogen) atoms. The lowest BCUT2D eigenvalue weighted by Crippen LogP contribution is -1.97. The van der Waals surface area contributed by atoms with Gasteiger partial charge in [0.15, 0.2) is 6.29 Å². The molecule has 0 N–H and O–H groups in total. The lowest BCUT2D eigenvalue weighted by molar-refractivity contribution is 0.112. The van der Waals surface area contributed by atoms with E-state index in [-0.39, 0.29) is 0 Å². The molecule has 0 unspecified atom stereocenters. The van der Waals surface area contributed by atoms with E-state index in [0.717, 1.165) is 34.4 Å². The number of hydrogen-bond acceptors (Lipinski definition) is 3. The van der Waals surface area contributed by atoms with Crippen LogP contribution in [0.3, 0.4) is 0 Å². The third-order valence-corrected chi connectivity index (χ3v) is 3.77. The second-order valence-corrected chi connectivity index (χ2v) is 5.49. The van der Waals surface area contributed by atoms with E-state index < -0.39 is 0 Å². The van der Waals surface area contributed by atoms with Crippen molar-refractivity contribution in [2.75, 3.05) is 7.11 Å². The number of methoxy groups -OCH3 is 1. The first-order chi connectivity index (χ1) is 11.1. The second-order valence-electron chi connectivity index (χ2n) is 5.49. The van der Waals surface area contributed by atoms with E-state index in [1.807, 2.05) is 50.2 Å². The first kappa shape index (κ1) is 15.0. The normalized spacial score (nSPS) is 10.6. The fourth-order valence-electron chi connectivity index (χ4n) is 2.80. The number of para-hydroxylation sites is 1. The fraction of sp³-hybridized carbons (Fsp3) is 0.158.